The van der Waals surface area contributed by atoms with Crippen molar-refractivity contribution in [1.82, 2.24) is 19.9 Å². The summed E-state index contributed by atoms with van der Waals surface area (Å²) in [5.74, 6) is 1.02. The summed E-state index contributed by atoms with van der Waals surface area (Å²) in [6, 6.07) is 7.84. The molecule has 1 amide bonds. The lowest BCUT2D eigenvalue weighted by molar-refractivity contribution is 0.0725. The number of fused-ring (bicyclic) bond motifs is 1. The number of nitrogens with two attached hydrogens (primary N) is 1. The zero-order valence-corrected chi connectivity index (χ0v) is 17.4. The molecular formula is C19H21BrClN5O. The van der Waals surface area contributed by atoms with Gasteiger partial charge in [-0.1, -0.05) is 28.1 Å². The molecule has 1 saturated heterocycles. The number of carbonyl (C=O) groups excluding carboxylic acids is 1. The molecule has 27 heavy (non-hydrogen) atoms. The number of pyridine rings is 1. The lowest BCUT2D eigenvalue weighted by atomic mass is 10.1. The molecule has 1 aromatic carbocycles. The van der Waals surface area contributed by atoms with Crippen LogP contribution in [0.4, 0.5) is 5.82 Å². The predicted octanol–water partition coefficient (Wildman–Crippen LogP) is 4.33. The van der Waals surface area contributed by atoms with E-state index < -0.39 is 0 Å². The molecule has 4 rings (SSSR count). The van der Waals surface area contributed by atoms with Gasteiger partial charge in [0.1, 0.15) is 11.3 Å². The number of piperidine rings is 1. The number of aromatic amines is 1. The highest BCUT2D eigenvalue weighted by atomic mass is 79.9. The van der Waals surface area contributed by atoms with E-state index in [1.807, 2.05) is 36.1 Å². The number of nitrogens with one attached hydrogen (secondary N) is 1. The number of anilines is 1. The first-order chi connectivity index (χ1) is 12.5. The van der Waals surface area contributed by atoms with Gasteiger partial charge in [0.15, 0.2) is 5.82 Å². The summed E-state index contributed by atoms with van der Waals surface area (Å²) in [6.45, 7) is 3.40. The SMILES string of the molecule is Cc1nc(N)c2nc(-c3cccc(Br)c3)[nH]c2c1C(=O)N1CCCCC1.Cl. The zero-order chi connectivity index (χ0) is 18.3. The highest BCUT2D eigenvalue weighted by Gasteiger charge is 2.25. The van der Waals surface area contributed by atoms with Gasteiger partial charge in [0.2, 0.25) is 0 Å². The number of nitrogens with zero attached hydrogens (tertiary/aromatic N) is 3. The topological polar surface area (TPSA) is 87.9 Å². The molecule has 0 radical (unpaired) electrons. The number of carbonyl (C=O) groups is 1. The maximum absolute atomic E-state index is 13.1. The standard InChI is InChI=1S/C19H20BrN5O.ClH/c1-11-14(19(26)25-8-3-2-4-9-25)15-16(17(21)22-11)24-18(23-15)12-6-5-7-13(20)10-12;/h5-7,10H,2-4,8-9H2,1H3,(H2,21,22)(H,23,24);1H. The van der Waals surface area contributed by atoms with E-state index >= 15 is 0 Å². The normalized spacial score (nSPS) is 14.2. The van der Waals surface area contributed by atoms with Crippen molar-refractivity contribution < 1.29 is 4.79 Å². The molecule has 142 valence electrons. The van der Waals surface area contributed by atoms with E-state index in [4.69, 9.17) is 5.73 Å². The van der Waals surface area contributed by atoms with Crippen molar-refractivity contribution in [2.45, 2.75) is 26.2 Å². The summed E-state index contributed by atoms with van der Waals surface area (Å²) in [5, 5.41) is 0. The van der Waals surface area contributed by atoms with Gasteiger partial charge in [0, 0.05) is 23.1 Å². The van der Waals surface area contributed by atoms with Crippen LogP contribution in [-0.4, -0.2) is 38.8 Å². The number of amides is 1. The summed E-state index contributed by atoms with van der Waals surface area (Å²) < 4.78 is 0.961. The third kappa shape index (κ3) is 3.66. The molecule has 6 nitrogen and oxygen atoms in total. The first-order valence-corrected chi connectivity index (χ1v) is 9.55. The van der Waals surface area contributed by atoms with Gasteiger partial charge in [-0.2, -0.15) is 0 Å². The Bertz CT molecular complexity index is 997. The van der Waals surface area contributed by atoms with Gasteiger partial charge in [0.25, 0.3) is 5.91 Å². The zero-order valence-electron chi connectivity index (χ0n) is 15.0. The van der Waals surface area contributed by atoms with Gasteiger partial charge in [-0.05, 0) is 38.3 Å². The van der Waals surface area contributed by atoms with Crippen molar-refractivity contribution >= 4 is 51.1 Å². The minimum Gasteiger partial charge on any atom is -0.382 e. The van der Waals surface area contributed by atoms with Crippen LogP contribution in [0.3, 0.4) is 0 Å². The molecule has 8 heteroatoms. The average molecular weight is 451 g/mol. The number of halogens is 2. The quantitative estimate of drug-likeness (QED) is 0.608. The fourth-order valence-electron chi connectivity index (χ4n) is 3.50. The fourth-order valence-corrected chi connectivity index (χ4v) is 3.90. The van der Waals surface area contributed by atoms with Gasteiger partial charge < -0.3 is 15.6 Å². The molecular weight excluding hydrogens is 430 g/mol. The molecule has 2 aromatic heterocycles. The number of likely N-dealkylation sites (tertiary alicyclic amines) is 1. The Morgan fingerprint density at radius 2 is 1.96 bits per heavy atom. The van der Waals surface area contributed by atoms with Gasteiger partial charge in [0.05, 0.1) is 16.8 Å². The van der Waals surface area contributed by atoms with Crippen LogP contribution in [0.5, 0.6) is 0 Å². The average Bonchev–Trinajstić information content (AvgIpc) is 3.08. The van der Waals surface area contributed by atoms with E-state index in [9.17, 15) is 4.79 Å². The van der Waals surface area contributed by atoms with Crippen LogP contribution in [0, 0.1) is 6.92 Å². The Kier molecular flexibility index (Phi) is 5.72. The first-order valence-electron chi connectivity index (χ1n) is 8.75. The molecule has 0 atom stereocenters. The Labute approximate surface area is 172 Å². The highest BCUT2D eigenvalue weighted by Crippen LogP contribution is 2.29. The molecule has 0 spiro atoms. The van der Waals surface area contributed by atoms with Crippen molar-refractivity contribution in [2.24, 2.45) is 0 Å². The van der Waals surface area contributed by atoms with E-state index in [1.54, 1.807) is 0 Å². The van der Waals surface area contributed by atoms with Crippen molar-refractivity contribution in [2.75, 3.05) is 18.8 Å². The first kappa shape index (κ1) is 19.6. The Hall–Kier alpha value is -2.12. The third-order valence-corrected chi connectivity index (χ3v) is 5.29. The van der Waals surface area contributed by atoms with Gasteiger partial charge in [-0.15, -0.1) is 12.4 Å². The lowest BCUT2D eigenvalue weighted by Gasteiger charge is -2.27. The summed E-state index contributed by atoms with van der Waals surface area (Å²) in [4.78, 5) is 27.3. The number of aromatic nitrogens is 3. The van der Waals surface area contributed by atoms with Crippen LogP contribution in [0.1, 0.15) is 35.3 Å². The largest absolute Gasteiger partial charge is 0.382 e. The second kappa shape index (κ2) is 7.86. The summed E-state index contributed by atoms with van der Waals surface area (Å²) in [6.07, 6.45) is 3.26. The number of benzene rings is 1. The van der Waals surface area contributed by atoms with E-state index in [0.29, 0.717) is 33.9 Å². The maximum atomic E-state index is 13.1. The smallest absolute Gasteiger partial charge is 0.257 e. The summed E-state index contributed by atoms with van der Waals surface area (Å²) in [7, 11) is 0. The van der Waals surface area contributed by atoms with Crippen LogP contribution in [-0.2, 0) is 0 Å². The second-order valence-corrected chi connectivity index (χ2v) is 7.55. The van der Waals surface area contributed by atoms with Crippen molar-refractivity contribution in [3.8, 4) is 11.4 Å². The molecule has 1 fully saturated rings. The monoisotopic (exact) mass is 449 g/mol. The van der Waals surface area contributed by atoms with E-state index in [-0.39, 0.29) is 18.3 Å². The number of rotatable bonds is 2. The van der Waals surface area contributed by atoms with Crippen LogP contribution in [0.2, 0.25) is 0 Å². The van der Waals surface area contributed by atoms with Crippen molar-refractivity contribution in [1.29, 1.82) is 0 Å². The van der Waals surface area contributed by atoms with Gasteiger partial charge in [-0.25, -0.2) is 9.97 Å². The van der Waals surface area contributed by atoms with Crippen molar-refractivity contribution in [3.63, 3.8) is 0 Å². The van der Waals surface area contributed by atoms with E-state index in [0.717, 1.165) is 36.0 Å². The number of H-pyrrole nitrogens is 1. The number of aryl methyl sites for hydroxylation is 1. The van der Waals surface area contributed by atoms with Crippen LogP contribution in [0.25, 0.3) is 22.4 Å². The van der Waals surface area contributed by atoms with E-state index in [1.165, 1.54) is 6.42 Å². The molecule has 3 heterocycles. The third-order valence-electron chi connectivity index (χ3n) is 4.80. The molecule has 1 aliphatic rings. The van der Waals surface area contributed by atoms with Gasteiger partial charge >= 0.3 is 0 Å². The van der Waals surface area contributed by atoms with Crippen LogP contribution < -0.4 is 5.73 Å². The lowest BCUT2D eigenvalue weighted by Crippen LogP contribution is -2.36. The number of nitrogen functional groups attached to an aromatic ring is 1. The Morgan fingerprint density at radius 3 is 2.67 bits per heavy atom. The van der Waals surface area contributed by atoms with E-state index in [2.05, 4.69) is 30.9 Å². The molecule has 0 saturated carbocycles. The van der Waals surface area contributed by atoms with Crippen LogP contribution >= 0.6 is 28.3 Å². The number of hydrogen-bond donors (Lipinski definition) is 2. The minimum atomic E-state index is 0. The number of imidazole rings is 1. The second-order valence-electron chi connectivity index (χ2n) is 6.63. The minimum absolute atomic E-state index is 0. The summed E-state index contributed by atoms with van der Waals surface area (Å²) in [5.41, 5.74) is 9.44. The van der Waals surface area contributed by atoms with Gasteiger partial charge in [-0.3, -0.25) is 4.79 Å². The van der Waals surface area contributed by atoms with Crippen LogP contribution in [0.15, 0.2) is 28.7 Å². The Balaban J connectivity index is 0.00000210. The fraction of sp³-hybridized carbons (Fsp3) is 0.316. The predicted molar refractivity (Wildman–Crippen MR) is 113 cm³/mol. The molecule has 0 aliphatic carbocycles. The maximum Gasteiger partial charge on any atom is 0.257 e. The molecule has 1 aliphatic heterocycles. The molecule has 0 unspecified atom stereocenters. The number of hydrogen-bond acceptors (Lipinski definition) is 4. The molecule has 3 aromatic rings. The summed E-state index contributed by atoms with van der Waals surface area (Å²) >= 11 is 3.48. The molecule has 0 bridgehead atoms. The van der Waals surface area contributed by atoms with Crippen molar-refractivity contribution in [3.05, 3.63) is 40.0 Å². The highest BCUT2D eigenvalue weighted by molar-refractivity contribution is 9.10. The Morgan fingerprint density at radius 1 is 1.22 bits per heavy atom. The molecule has 3 N–H and O–H groups in total.